The molecule has 1 aromatic heterocycles. The molecule has 0 saturated carbocycles. The zero-order chi connectivity index (χ0) is 15.0. The molecular formula is C16H14O5. The molecule has 0 spiro atoms. The van der Waals surface area contributed by atoms with Gasteiger partial charge in [-0.3, -0.25) is 4.79 Å². The van der Waals surface area contributed by atoms with Crippen molar-refractivity contribution in [1.82, 2.24) is 0 Å². The molecule has 0 fully saturated rings. The first-order valence-electron chi connectivity index (χ1n) is 6.57. The Morgan fingerprint density at radius 3 is 2.57 bits per heavy atom. The van der Waals surface area contributed by atoms with Crippen LogP contribution >= 0.6 is 0 Å². The molecule has 5 nitrogen and oxygen atoms in total. The van der Waals surface area contributed by atoms with E-state index in [-0.39, 0.29) is 18.3 Å². The number of carbonyl (C=O) groups excluding carboxylic acids is 1. The molecule has 0 N–H and O–H groups in total. The summed E-state index contributed by atoms with van der Waals surface area (Å²) in [4.78, 5) is 23.9. The second kappa shape index (κ2) is 5.09. The Bertz CT molecular complexity index is 742. The monoisotopic (exact) mass is 286 g/mol. The van der Waals surface area contributed by atoms with Gasteiger partial charge in [-0.15, -0.1) is 0 Å². The highest BCUT2D eigenvalue weighted by atomic mass is 16.5. The van der Waals surface area contributed by atoms with Crippen LogP contribution in [0, 0.1) is 6.92 Å². The molecule has 0 aliphatic carbocycles. The number of fused-ring (bicyclic) bond motifs is 1. The van der Waals surface area contributed by atoms with Gasteiger partial charge in [0.15, 0.2) is 0 Å². The Balaban J connectivity index is 2.12. The molecule has 0 unspecified atom stereocenters. The molecule has 3 rings (SSSR count). The molecule has 0 saturated heterocycles. The van der Waals surface area contributed by atoms with Crippen molar-refractivity contribution in [2.45, 2.75) is 19.3 Å². The van der Waals surface area contributed by atoms with E-state index in [2.05, 4.69) is 0 Å². The smallest absolute Gasteiger partial charge is 0.343 e. The number of ether oxygens (including phenoxy) is 2. The second-order valence-electron chi connectivity index (χ2n) is 4.93. The van der Waals surface area contributed by atoms with Crippen molar-refractivity contribution in [3.63, 3.8) is 0 Å². The highest BCUT2D eigenvalue weighted by Crippen LogP contribution is 2.37. The van der Waals surface area contributed by atoms with E-state index >= 15 is 0 Å². The van der Waals surface area contributed by atoms with E-state index < -0.39 is 5.63 Å². The lowest BCUT2D eigenvalue weighted by atomic mass is 9.87. The maximum absolute atomic E-state index is 12.1. The minimum Gasteiger partial charge on any atom is -0.497 e. The average molecular weight is 286 g/mol. The van der Waals surface area contributed by atoms with E-state index in [1.165, 1.54) is 0 Å². The summed E-state index contributed by atoms with van der Waals surface area (Å²) in [6.45, 7) is 1.65. The van der Waals surface area contributed by atoms with Crippen LogP contribution in [0.5, 0.6) is 11.5 Å². The molecule has 21 heavy (non-hydrogen) atoms. The third-order valence-electron chi connectivity index (χ3n) is 3.53. The molecule has 1 atom stereocenters. The summed E-state index contributed by atoms with van der Waals surface area (Å²) in [6.07, 6.45) is 0.118. The summed E-state index contributed by atoms with van der Waals surface area (Å²) in [7, 11) is 1.58. The Morgan fingerprint density at radius 1 is 1.19 bits per heavy atom. The Hall–Kier alpha value is -2.56. The lowest BCUT2D eigenvalue weighted by Gasteiger charge is -2.23. The normalized spacial score (nSPS) is 17.0. The summed E-state index contributed by atoms with van der Waals surface area (Å²) >= 11 is 0. The lowest BCUT2D eigenvalue weighted by molar-refractivity contribution is -0.135. The van der Waals surface area contributed by atoms with Crippen molar-refractivity contribution in [3.05, 3.63) is 57.6 Å². The van der Waals surface area contributed by atoms with Gasteiger partial charge in [-0.05, 0) is 24.6 Å². The molecule has 0 amide bonds. The molecule has 2 heterocycles. The van der Waals surface area contributed by atoms with E-state index in [0.29, 0.717) is 22.8 Å². The first-order chi connectivity index (χ1) is 10.1. The van der Waals surface area contributed by atoms with Crippen LogP contribution in [-0.2, 0) is 4.79 Å². The fraction of sp³-hybridized carbons (Fsp3) is 0.250. The van der Waals surface area contributed by atoms with Gasteiger partial charge in [-0.25, -0.2) is 4.79 Å². The van der Waals surface area contributed by atoms with Crippen LogP contribution in [0.4, 0.5) is 0 Å². The number of hydrogen-bond donors (Lipinski definition) is 0. The number of methoxy groups -OCH3 is 1. The molecule has 108 valence electrons. The number of hydrogen-bond acceptors (Lipinski definition) is 5. The largest absolute Gasteiger partial charge is 0.497 e. The van der Waals surface area contributed by atoms with Gasteiger partial charge < -0.3 is 13.9 Å². The van der Waals surface area contributed by atoms with Crippen LogP contribution in [0.25, 0.3) is 0 Å². The van der Waals surface area contributed by atoms with Crippen LogP contribution in [0.1, 0.15) is 29.2 Å². The van der Waals surface area contributed by atoms with Crippen LogP contribution < -0.4 is 15.1 Å². The third kappa shape index (κ3) is 2.42. The standard InChI is InChI=1S/C16H14O5/c1-9-7-13-15(16(18)20-9)12(8-14(17)21-13)10-3-5-11(19-2)6-4-10/h3-7,12H,8H2,1-2H3/t12-/m0/s1. The van der Waals surface area contributed by atoms with E-state index in [4.69, 9.17) is 13.9 Å². The summed E-state index contributed by atoms with van der Waals surface area (Å²) in [6, 6.07) is 8.84. The molecule has 5 heteroatoms. The van der Waals surface area contributed by atoms with Gasteiger partial charge in [-0.1, -0.05) is 12.1 Å². The summed E-state index contributed by atoms with van der Waals surface area (Å²) in [5.41, 5.74) is 0.786. The maximum Gasteiger partial charge on any atom is 0.343 e. The van der Waals surface area contributed by atoms with E-state index in [9.17, 15) is 9.59 Å². The van der Waals surface area contributed by atoms with Crippen LogP contribution in [0.15, 0.2) is 39.5 Å². The molecule has 1 aliphatic rings. The third-order valence-corrected chi connectivity index (χ3v) is 3.53. The maximum atomic E-state index is 12.1. The van der Waals surface area contributed by atoms with Crippen molar-refractivity contribution < 1.29 is 18.7 Å². The van der Waals surface area contributed by atoms with Crippen LogP contribution in [0.3, 0.4) is 0 Å². The van der Waals surface area contributed by atoms with Gasteiger partial charge in [-0.2, -0.15) is 0 Å². The quantitative estimate of drug-likeness (QED) is 0.793. The predicted octanol–water partition coefficient (Wildman–Crippen LogP) is 2.40. The molecule has 0 radical (unpaired) electrons. The SMILES string of the molecule is COc1ccc([C@@H]2CC(=O)Oc3cc(C)oc(=O)c32)cc1. The number of aryl methyl sites for hydroxylation is 1. The van der Waals surface area contributed by atoms with E-state index in [1.54, 1.807) is 32.2 Å². The topological polar surface area (TPSA) is 65.7 Å². The van der Waals surface area contributed by atoms with Gasteiger partial charge >= 0.3 is 11.6 Å². The fourth-order valence-electron chi connectivity index (χ4n) is 2.55. The summed E-state index contributed by atoms with van der Waals surface area (Å²) in [5.74, 6) is 0.716. The van der Waals surface area contributed by atoms with Gasteiger partial charge in [0.05, 0.1) is 19.1 Å². The summed E-state index contributed by atoms with van der Waals surface area (Å²) in [5, 5.41) is 0. The molecule has 1 aliphatic heterocycles. The van der Waals surface area contributed by atoms with Gasteiger partial charge in [0.1, 0.15) is 17.3 Å². The molecule has 1 aromatic carbocycles. The van der Waals surface area contributed by atoms with Crippen LogP contribution in [0.2, 0.25) is 0 Å². The fourth-order valence-corrected chi connectivity index (χ4v) is 2.55. The van der Waals surface area contributed by atoms with E-state index in [1.807, 2.05) is 12.1 Å². The van der Waals surface area contributed by atoms with Crippen LogP contribution in [-0.4, -0.2) is 13.1 Å². The zero-order valence-electron chi connectivity index (χ0n) is 11.7. The highest BCUT2D eigenvalue weighted by Gasteiger charge is 2.32. The Labute approximate surface area is 121 Å². The Kier molecular flexibility index (Phi) is 3.25. The van der Waals surface area contributed by atoms with E-state index in [0.717, 1.165) is 5.56 Å². The first kappa shape index (κ1) is 13.4. The average Bonchev–Trinajstić information content (AvgIpc) is 2.45. The minimum absolute atomic E-state index is 0.118. The number of esters is 1. The number of carbonyl (C=O) groups is 1. The first-order valence-corrected chi connectivity index (χ1v) is 6.57. The number of rotatable bonds is 2. The second-order valence-corrected chi connectivity index (χ2v) is 4.93. The van der Waals surface area contributed by atoms with Gasteiger partial charge in [0, 0.05) is 12.0 Å². The van der Waals surface area contributed by atoms with Gasteiger partial charge in [0.2, 0.25) is 0 Å². The summed E-state index contributed by atoms with van der Waals surface area (Å²) < 4.78 is 15.4. The number of benzene rings is 1. The lowest BCUT2D eigenvalue weighted by Crippen LogP contribution is -2.26. The van der Waals surface area contributed by atoms with Crippen molar-refractivity contribution in [2.75, 3.05) is 7.11 Å². The van der Waals surface area contributed by atoms with Crippen molar-refractivity contribution in [3.8, 4) is 11.5 Å². The zero-order valence-corrected chi connectivity index (χ0v) is 11.7. The minimum atomic E-state index is -0.460. The molecule has 0 bridgehead atoms. The van der Waals surface area contributed by atoms with Crippen molar-refractivity contribution in [1.29, 1.82) is 0 Å². The van der Waals surface area contributed by atoms with Crippen molar-refractivity contribution in [2.24, 2.45) is 0 Å². The Morgan fingerprint density at radius 2 is 1.90 bits per heavy atom. The highest BCUT2D eigenvalue weighted by molar-refractivity contribution is 5.77. The molecular weight excluding hydrogens is 272 g/mol. The van der Waals surface area contributed by atoms with Gasteiger partial charge in [0.25, 0.3) is 0 Å². The predicted molar refractivity (Wildman–Crippen MR) is 74.8 cm³/mol. The van der Waals surface area contributed by atoms with Crippen molar-refractivity contribution >= 4 is 5.97 Å². The molecule has 2 aromatic rings.